The number of amides is 2. The van der Waals surface area contributed by atoms with Crippen LogP contribution in [0.2, 0.25) is 0 Å². The van der Waals surface area contributed by atoms with Crippen LogP contribution in [0.1, 0.15) is 91.7 Å². The summed E-state index contributed by atoms with van der Waals surface area (Å²) in [5.41, 5.74) is 11.7. The van der Waals surface area contributed by atoms with Gasteiger partial charge >= 0.3 is 0 Å². The molecule has 0 saturated carbocycles. The minimum Gasteiger partial charge on any atom is -0.373 e. The van der Waals surface area contributed by atoms with Crippen molar-refractivity contribution >= 4 is 40.7 Å². The highest BCUT2D eigenvalue weighted by atomic mass is 19.1. The number of carbonyl (C=O) groups is 2. The number of piperazine rings is 1. The number of rotatable bonds is 15. The lowest BCUT2D eigenvalue weighted by atomic mass is 9.91. The Bertz CT molecular complexity index is 2400. The molecule has 0 bridgehead atoms. The van der Waals surface area contributed by atoms with Gasteiger partial charge in [-0.1, -0.05) is 30.7 Å². The van der Waals surface area contributed by atoms with E-state index in [-0.39, 0.29) is 23.7 Å². The third-order valence-corrected chi connectivity index (χ3v) is 14.3. The van der Waals surface area contributed by atoms with Gasteiger partial charge in [-0.3, -0.25) is 34.2 Å². The lowest BCUT2D eigenvalue weighted by Gasteiger charge is -2.42. The first kappa shape index (κ1) is 46.3. The Hall–Kier alpha value is -5.27. The van der Waals surface area contributed by atoms with Crippen molar-refractivity contribution in [2.45, 2.75) is 85.9 Å². The molecule has 2 fully saturated rings. The Balaban J connectivity index is 0.807. The van der Waals surface area contributed by atoms with Crippen molar-refractivity contribution in [3.8, 4) is 11.1 Å². The zero-order chi connectivity index (χ0) is 45.8. The quantitative estimate of drug-likeness (QED) is 0.0900. The van der Waals surface area contributed by atoms with E-state index in [0.717, 1.165) is 129 Å². The minimum atomic E-state index is -0.311. The van der Waals surface area contributed by atoms with Gasteiger partial charge in [0.05, 0.1) is 17.9 Å². The molecule has 0 aliphatic carbocycles. The fourth-order valence-electron chi connectivity index (χ4n) is 10.2. The van der Waals surface area contributed by atoms with Crippen LogP contribution in [-0.4, -0.2) is 126 Å². The van der Waals surface area contributed by atoms with Crippen LogP contribution in [0, 0.1) is 25.6 Å². The van der Waals surface area contributed by atoms with E-state index < -0.39 is 0 Å². The van der Waals surface area contributed by atoms with Gasteiger partial charge in [0.2, 0.25) is 5.91 Å². The number of benzene rings is 2. The van der Waals surface area contributed by atoms with E-state index in [1.54, 1.807) is 0 Å². The Labute approximate surface area is 385 Å². The molecule has 2 saturated heterocycles. The number of hydrogen-bond acceptors (Lipinski definition) is 9. The lowest BCUT2D eigenvalue weighted by molar-refractivity contribution is -0.116. The topological polar surface area (TPSA) is 100.0 Å². The van der Waals surface area contributed by atoms with Crippen LogP contribution in [0.15, 0.2) is 72.6 Å². The molecule has 0 radical (unpaired) electrons. The molecular formula is C53H68FN9O2. The number of hydrogen-bond donors (Lipinski definition) is 2. The predicted molar refractivity (Wildman–Crippen MR) is 262 cm³/mol. The van der Waals surface area contributed by atoms with Crippen LogP contribution < -0.4 is 15.5 Å². The number of anilines is 3. The number of pyridine rings is 2. The molecule has 2 aromatic heterocycles. The predicted octanol–water partition coefficient (Wildman–Crippen LogP) is 8.56. The molecule has 2 aromatic carbocycles. The van der Waals surface area contributed by atoms with Crippen LogP contribution >= 0.6 is 0 Å². The Morgan fingerprint density at radius 1 is 0.985 bits per heavy atom. The van der Waals surface area contributed by atoms with Crippen LogP contribution in [-0.2, 0) is 11.3 Å². The number of carbonyl (C=O) groups excluding carboxylic acids is 2. The van der Waals surface area contributed by atoms with Gasteiger partial charge in [-0.25, -0.2) is 9.37 Å². The van der Waals surface area contributed by atoms with E-state index in [1.165, 1.54) is 17.2 Å². The second-order valence-electron chi connectivity index (χ2n) is 18.8. The first-order valence-electron chi connectivity index (χ1n) is 23.9. The maximum Gasteiger partial charge on any atom is 0.253 e. The van der Waals surface area contributed by atoms with Gasteiger partial charge in [-0.05, 0) is 137 Å². The molecule has 11 nitrogen and oxygen atoms in total. The Morgan fingerprint density at radius 2 is 1.80 bits per heavy atom. The summed E-state index contributed by atoms with van der Waals surface area (Å²) >= 11 is 0. The average molecular weight is 882 g/mol. The van der Waals surface area contributed by atoms with E-state index in [9.17, 15) is 9.59 Å². The Kier molecular flexibility index (Phi) is 14.6. The summed E-state index contributed by atoms with van der Waals surface area (Å²) in [5.74, 6) is 1.09. The molecule has 65 heavy (non-hydrogen) atoms. The van der Waals surface area contributed by atoms with E-state index >= 15 is 4.39 Å². The molecule has 12 heteroatoms. The molecule has 2 amide bonds. The van der Waals surface area contributed by atoms with Crippen LogP contribution in [0.5, 0.6) is 0 Å². The van der Waals surface area contributed by atoms with Crippen molar-refractivity contribution in [1.29, 1.82) is 0 Å². The van der Waals surface area contributed by atoms with Crippen molar-refractivity contribution in [1.82, 2.24) is 34.9 Å². The van der Waals surface area contributed by atoms with E-state index in [4.69, 9.17) is 0 Å². The standard InChI is InChI=1S/C53H68FN9O2/c1-8-18-56-31-51(64)63-48-11-9-41(28-49(48)63)33-59-24-25-62(37(4)32-59)34-40-14-20-61(21-15-40)53(65)44-26-36(3)52(47(54)29-44)42-16-22-60(23-17-42)39(6)35(2)27-46-38(5)57-19-13-45(46)43-10-12-50(55-7)58-30-43/h9-13,16,19,26-30,37,39-40,56H,8,14-15,17-18,20-25,31-34H2,1-7H3,(H,55,58)/b35-27+. The Morgan fingerprint density at radius 3 is 2.49 bits per heavy atom. The summed E-state index contributed by atoms with van der Waals surface area (Å²) in [6.45, 7) is 21.9. The summed E-state index contributed by atoms with van der Waals surface area (Å²) in [7, 11) is 1.87. The highest BCUT2D eigenvalue weighted by molar-refractivity contribution is 6.16. The summed E-state index contributed by atoms with van der Waals surface area (Å²) in [6.07, 6.45) is 11.8. The molecule has 344 valence electrons. The molecule has 4 aliphatic rings. The summed E-state index contributed by atoms with van der Waals surface area (Å²) < 4.78 is 16.1. The number of fused-ring (bicyclic) bond motifs is 1. The summed E-state index contributed by atoms with van der Waals surface area (Å²) in [6, 6.07) is 16.5. The lowest BCUT2D eigenvalue weighted by Crippen LogP contribution is -2.53. The summed E-state index contributed by atoms with van der Waals surface area (Å²) in [5, 5.41) is 6.30. The zero-order valence-electron chi connectivity index (χ0n) is 39.6. The molecular weight excluding hydrogens is 814 g/mol. The number of aromatic nitrogens is 2. The average Bonchev–Trinajstić information content (AvgIpc) is 4.04. The number of nitrogens with zero attached hydrogens (tertiary/aromatic N) is 7. The smallest absolute Gasteiger partial charge is 0.253 e. The molecule has 4 aromatic rings. The van der Waals surface area contributed by atoms with Crippen molar-refractivity contribution < 1.29 is 14.0 Å². The molecule has 2 atom stereocenters. The maximum absolute atomic E-state index is 16.1. The number of aryl methyl sites for hydroxylation is 2. The SMILES string of the molecule is CCCNCC(=O)N1c2ccc(CN3CCN(CC4CCN(C(=O)c5cc(C)c(C6=CCN(C(C)/C(C)=C/c7c(-c8ccc(NC)nc8)ccnc7C)CC6)c(F)c5)CC4)C(C)C3)cc21. The van der Waals surface area contributed by atoms with Crippen LogP contribution in [0.4, 0.5) is 21.6 Å². The van der Waals surface area contributed by atoms with Gasteiger partial charge in [-0.2, -0.15) is 0 Å². The largest absolute Gasteiger partial charge is 0.373 e. The zero-order valence-corrected chi connectivity index (χ0v) is 39.6. The molecule has 2 unspecified atom stereocenters. The normalized spacial score (nSPS) is 19.2. The molecule has 0 spiro atoms. The first-order chi connectivity index (χ1) is 31.4. The minimum absolute atomic E-state index is 0.0714. The van der Waals surface area contributed by atoms with Gasteiger partial charge in [-0.15, -0.1) is 0 Å². The number of halogens is 1. The number of piperidine rings is 1. The highest BCUT2D eigenvalue weighted by Crippen LogP contribution is 2.48. The monoisotopic (exact) mass is 882 g/mol. The second kappa shape index (κ2) is 20.5. The highest BCUT2D eigenvalue weighted by Gasteiger charge is 2.35. The van der Waals surface area contributed by atoms with Gasteiger partial charge in [0.15, 0.2) is 0 Å². The van der Waals surface area contributed by atoms with Crippen molar-refractivity contribution in [2.24, 2.45) is 5.92 Å². The second-order valence-corrected chi connectivity index (χ2v) is 18.8. The van der Waals surface area contributed by atoms with Crippen LogP contribution in [0.25, 0.3) is 22.8 Å². The first-order valence-corrected chi connectivity index (χ1v) is 23.9. The van der Waals surface area contributed by atoms with Gasteiger partial charge < -0.3 is 15.5 Å². The van der Waals surface area contributed by atoms with E-state index in [2.05, 4.69) is 105 Å². The van der Waals surface area contributed by atoms with Gasteiger partial charge in [0.1, 0.15) is 11.6 Å². The number of nitrogens with one attached hydrogen (secondary N) is 2. The molecule has 8 rings (SSSR count). The van der Waals surface area contributed by atoms with E-state index in [1.807, 2.05) is 55.2 Å². The molecule has 2 N–H and O–H groups in total. The fourth-order valence-corrected chi connectivity index (χ4v) is 10.2. The maximum atomic E-state index is 16.1. The van der Waals surface area contributed by atoms with Crippen molar-refractivity contribution in [3.63, 3.8) is 0 Å². The fraction of sp³-hybridized carbons (Fsp3) is 0.472. The summed E-state index contributed by atoms with van der Waals surface area (Å²) in [4.78, 5) is 46.9. The van der Waals surface area contributed by atoms with Gasteiger partial charge in [0, 0.05) is 118 Å². The van der Waals surface area contributed by atoms with Crippen molar-refractivity contribution in [2.75, 3.05) is 82.7 Å². The van der Waals surface area contributed by atoms with E-state index in [0.29, 0.717) is 42.7 Å². The third kappa shape index (κ3) is 10.6. The third-order valence-electron chi connectivity index (χ3n) is 14.3. The van der Waals surface area contributed by atoms with Crippen molar-refractivity contribution in [3.05, 3.63) is 112 Å². The number of likely N-dealkylation sites (tertiary alicyclic amines) is 1. The van der Waals surface area contributed by atoms with Crippen LogP contribution in [0.3, 0.4) is 0 Å². The molecule has 4 aliphatic heterocycles. The molecule has 6 heterocycles. The van der Waals surface area contributed by atoms with Gasteiger partial charge in [0.25, 0.3) is 5.91 Å².